The van der Waals surface area contributed by atoms with E-state index in [1.165, 1.54) is 0 Å². The average molecular weight is 441 g/mol. The Balaban J connectivity index is 1.32. The van der Waals surface area contributed by atoms with Gasteiger partial charge in [0.1, 0.15) is 12.3 Å². The summed E-state index contributed by atoms with van der Waals surface area (Å²) in [6.45, 7) is 1.72. The first-order chi connectivity index (χ1) is 16.2. The van der Waals surface area contributed by atoms with Gasteiger partial charge in [0.2, 0.25) is 0 Å². The molecule has 1 fully saturated rings. The highest BCUT2D eigenvalue weighted by atomic mass is 16.5. The lowest BCUT2D eigenvalue weighted by Crippen LogP contribution is -2.27. The quantitative estimate of drug-likeness (QED) is 0.405. The monoisotopic (exact) mass is 441 g/mol. The molecule has 1 aliphatic heterocycles. The number of benzene rings is 2. The van der Waals surface area contributed by atoms with Crippen LogP contribution in [0.2, 0.25) is 0 Å². The molecule has 5 rings (SSSR count). The lowest BCUT2D eigenvalue weighted by Gasteiger charge is -2.15. The van der Waals surface area contributed by atoms with Gasteiger partial charge in [0.25, 0.3) is 5.91 Å². The summed E-state index contributed by atoms with van der Waals surface area (Å²) in [5, 5.41) is 4.55. The van der Waals surface area contributed by atoms with E-state index in [0.717, 1.165) is 37.2 Å². The van der Waals surface area contributed by atoms with Gasteiger partial charge in [0.15, 0.2) is 11.5 Å². The van der Waals surface area contributed by atoms with Crippen LogP contribution in [0.15, 0.2) is 83.5 Å². The molecular formula is C26H23N3O4. The highest BCUT2D eigenvalue weighted by molar-refractivity contribution is 5.94. The van der Waals surface area contributed by atoms with Crippen molar-refractivity contribution in [2.75, 3.05) is 13.1 Å². The zero-order chi connectivity index (χ0) is 22.6. The SMILES string of the molecule is O=C(OCc1ccc(C(=O)N2CCCC2)cc1)c1cc(-c2ccco2)nn1-c1ccccc1. The van der Waals surface area contributed by atoms with Crippen molar-refractivity contribution in [3.8, 4) is 17.1 Å². The summed E-state index contributed by atoms with van der Waals surface area (Å²) in [4.78, 5) is 27.3. The van der Waals surface area contributed by atoms with Crippen LogP contribution in [0.5, 0.6) is 0 Å². The van der Waals surface area contributed by atoms with Gasteiger partial charge in [-0.3, -0.25) is 4.79 Å². The lowest BCUT2D eigenvalue weighted by atomic mass is 10.1. The van der Waals surface area contributed by atoms with Gasteiger partial charge in [0.05, 0.1) is 12.0 Å². The van der Waals surface area contributed by atoms with Crippen molar-refractivity contribution in [2.45, 2.75) is 19.4 Å². The van der Waals surface area contributed by atoms with Crippen LogP contribution >= 0.6 is 0 Å². The van der Waals surface area contributed by atoms with E-state index in [9.17, 15) is 9.59 Å². The largest absolute Gasteiger partial charge is 0.463 e. The maximum atomic E-state index is 13.0. The zero-order valence-electron chi connectivity index (χ0n) is 18.0. The molecule has 0 saturated carbocycles. The summed E-state index contributed by atoms with van der Waals surface area (Å²) in [6, 6.07) is 21.8. The molecule has 33 heavy (non-hydrogen) atoms. The molecule has 166 valence electrons. The maximum Gasteiger partial charge on any atom is 0.357 e. The molecule has 7 nitrogen and oxygen atoms in total. The van der Waals surface area contributed by atoms with Gasteiger partial charge in [0, 0.05) is 24.7 Å². The Hall–Kier alpha value is -4.13. The molecule has 1 saturated heterocycles. The van der Waals surface area contributed by atoms with Crippen molar-refractivity contribution >= 4 is 11.9 Å². The van der Waals surface area contributed by atoms with Gasteiger partial charge in [-0.15, -0.1) is 0 Å². The van der Waals surface area contributed by atoms with E-state index in [2.05, 4.69) is 5.10 Å². The Kier molecular flexibility index (Phi) is 5.76. The number of carbonyl (C=O) groups is 2. The third-order valence-corrected chi connectivity index (χ3v) is 5.66. The van der Waals surface area contributed by atoms with Gasteiger partial charge in [-0.25, -0.2) is 9.48 Å². The van der Waals surface area contributed by atoms with E-state index < -0.39 is 5.97 Å². The number of esters is 1. The Morgan fingerprint density at radius 2 is 1.70 bits per heavy atom. The van der Waals surface area contributed by atoms with Crippen molar-refractivity contribution < 1.29 is 18.7 Å². The molecule has 0 radical (unpaired) electrons. The number of hydrogen-bond acceptors (Lipinski definition) is 5. The minimum atomic E-state index is -0.499. The van der Waals surface area contributed by atoms with Gasteiger partial charge in [-0.1, -0.05) is 30.3 Å². The fraction of sp³-hybridized carbons (Fsp3) is 0.192. The maximum absolute atomic E-state index is 13.0. The van der Waals surface area contributed by atoms with Crippen molar-refractivity contribution in [1.82, 2.24) is 14.7 Å². The van der Waals surface area contributed by atoms with E-state index in [1.807, 2.05) is 47.4 Å². The zero-order valence-corrected chi connectivity index (χ0v) is 18.0. The molecule has 7 heteroatoms. The predicted molar refractivity (Wildman–Crippen MR) is 122 cm³/mol. The first-order valence-corrected chi connectivity index (χ1v) is 10.9. The minimum Gasteiger partial charge on any atom is -0.463 e. The fourth-order valence-corrected chi connectivity index (χ4v) is 3.91. The summed E-state index contributed by atoms with van der Waals surface area (Å²) in [7, 11) is 0. The predicted octanol–water partition coefficient (Wildman–Crippen LogP) is 4.73. The number of nitrogens with zero attached hydrogens (tertiary/aromatic N) is 3. The highest BCUT2D eigenvalue weighted by Crippen LogP contribution is 2.23. The van der Waals surface area contributed by atoms with Crippen LogP contribution < -0.4 is 0 Å². The van der Waals surface area contributed by atoms with Gasteiger partial charge >= 0.3 is 5.97 Å². The summed E-state index contributed by atoms with van der Waals surface area (Å²) in [5.74, 6) is 0.117. The minimum absolute atomic E-state index is 0.0493. The topological polar surface area (TPSA) is 77.6 Å². The molecule has 0 aliphatic carbocycles. The number of carbonyl (C=O) groups excluding carboxylic acids is 2. The van der Waals surface area contributed by atoms with Crippen LogP contribution in [-0.2, 0) is 11.3 Å². The molecule has 0 atom stereocenters. The molecule has 4 aromatic rings. The summed E-state index contributed by atoms with van der Waals surface area (Å²) in [6.07, 6.45) is 3.68. The molecule has 1 aliphatic rings. The van der Waals surface area contributed by atoms with Crippen molar-refractivity contribution in [3.05, 3.63) is 95.9 Å². The van der Waals surface area contributed by atoms with E-state index in [1.54, 1.807) is 41.3 Å². The van der Waals surface area contributed by atoms with Crippen LogP contribution in [0, 0.1) is 0 Å². The van der Waals surface area contributed by atoms with Gasteiger partial charge in [-0.05, 0) is 54.8 Å². The Bertz CT molecular complexity index is 1240. The Labute approximate surface area is 191 Å². The molecule has 2 aromatic carbocycles. The second kappa shape index (κ2) is 9.16. The van der Waals surface area contributed by atoms with E-state index in [4.69, 9.17) is 9.15 Å². The molecule has 3 heterocycles. The van der Waals surface area contributed by atoms with Gasteiger partial charge < -0.3 is 14.1 Å². The number of aromatic nitrogens is 2. The summed E-state index contributed by atoms with van der Waals surface area (Å²) < 4.78 is 12.6. The Morgan fingerprint density at radius 1 is 0.939 bits per heavy atom. The highest BCUT2D eigenvalue weighted by Gasteiger charge is 2.21. The molecule has 0 bridgehead atoms. The van der Waals surface area contributed by atoms with Crippen molar-refractivity contribution in [1.29, 1.82) is 0 Å². The molecule has 0 spiro atoms. The van der Waals surface area contributed by atoms with E-state index in [-0.39, 0.29) is 12.5 Å². The second-order valence-electron chi connectivity index (χ2n) is 7.91. The number of para-hydroxylation sites is 1. The molecular weight excluding hydrogens is 418 g/mol. The number of furan rings is 1. The first kappa shape index (κ1) is 20.8. The molecule has 0 unspecified atom stereocenters. The average Bonchev–Trinajstić information content (AvgIpc) is 3.64. The Morgan fingerprint density at radius 3 is 2.39 bits per heavy atom. The lowest BCUT2D eigenvalue weighted by molar-refractivity contribution is 0.0461. The van der Waals surface area contributed by atoms with Crippen molar-refractivity contribution in [2.24, 2.45) is 0 Å². The number of amides is 1. The summed E-state index contributed by atoms with van der Waals surface area (Å²) >= 11 is 0. The first-order valence-electron chi connectivity index (χ1n) is 10.9. The van der Waals surface area contributed by atoms with Crippen LogP contribution in [0.3, 0.4) is 0 Å². The van der Waals surface area contributed by atoms with Crippen molar-refractivity contribution in [3.63, 3.8) is 0 Å². The molecule has 1 amide bonds. The molecule has 2 aromatic heterocycles. The van der Waals surface area contributed by atoms with Crippen LogP contribution in [0.4, 0.5) is 0 Å². The standard InChI is InChI=1S/C26H23N3O4/c30-25(28-14-4-5-15-28)20-12-10-19(11-13-20)18-33-26(31)23-17-22(24-9-6-16-32-24)27-29(23)21-7-2-1-3-8-21/h1-3,6-13,16-17H,4-5,14-15,18H2. The number of rotatable bonds is 6. The molecule has 0 N–H and O–H groups in total. The summed E-state index contributed by atoms with van der Waals surface area (Å²) in [5.41, 5.74) is 3.04. The van der Waals surface area contributed by atoms with Crippen LogP contribution in [-0.4, -0.2) is 39.6 Å². The normalized spacial score (nSPS) is 13.3. The number of hydrogen-bond donors (Lipinski definition) is 0. The second-order valence-corrected chi connectivity index (χ2v) is 7.91. The van der Waals surface area contributed by atoms with Crippen LogP contribution in [0.25, 0.3) is 17.1 Å². The van der Waals surface area contributed by atoms with Crippen LogP contribution in [0.1, 0.15) is 39.3 Å². The third kappa shape index (κ3) is 4.43. The van der Waals surface area contributed by atoms with Gasteiger partial charge in [-0.2, -0.15) is 5.10 Å². The number of ether oxygens (including phenoxy) is 1. The third-order valence-electron chi connectivity index (χ3n) is 5.66. The van der Waals surface area contributed by atoms with E-state index >= 15 is 0 Å². The van der Waals surface area contributed by atoms with E-state index in [0.29, 0.717) is 22.7 Å². The fourth-order valence-electron chi connectivity index (χ4n) is 3.91. The smallest absolute Gasteiger partial charge is 0.357 e. The number of likely N-dealkylation sites (tertiary alicyclic amines) is 1.